The summed E-state index contributed by atoms with van der Waals surface area (Å²) < 4.78 is 0. The van der Waals surface area contributed by atoms with Crippen LogP contribution in [0.25, 0.3) is 0 Å². The highest BCUT2D eigenvalue weighted by Gasteiger charge is 2.38. The average Bonchev–Trinajstić information content (AvgIpc) is 3.14. The maximum atomic E-state index is 13.2. The Morgan fingerprint density at radius 3 is 2.26 bits per heavy atom. The second-order valence-electron chi connectivity index (χ2n) is 8.05. The van der Waals surface area contributed by atoms with E-state index in [1.54, 1.807) is 4.90 Å². The van der Waals surface area contributed by atoms with Crippen LogP contribution in [0.15, 0.2) is 89.9 Å². The summed E-state index contributed by atoms with van der Waals surface area (Å²) in [6.45, 7) is 0.515. The van der Waals surface area contributed by atoms with Crippen LogP contribution in [0.5, 0.6) is 0 Å². The number of amidine groups is 1. The van der Waals surface area contributed by atoms with Crippen LogP contribution in [0.1, 0.15) is 28.8 Å². The minimum atomic E-state index is -1.03. The number of nitrogens with zero attached hydrogens (tertiary/aromatic N) is 2. The van der Waals surface area contributed by atoms with Gasteiger partial charge in [-0.2, -0.15) is 0 Å². The summed E-state index contributed by atoms with van der Waals surface area (Å²) in [5.41, 5.74) is 2.57. The van der Waals surface area contributed by atoms with Crippen molar-refractivity contribution >= 4 is 46.1 Å². The van der Waals surface area contributed by atoms with Gasteiger partial charge in [0.2, 0.25) is 11.8 Å². The molecule has 1 heterocycles. The number of aromatic carboxylic acids is 1. The molecule has 178 valence electrons. The Hall–Kier alpha value is -3.91. The second kappa shape index (κ2) is 11.5. The Labute approximate surface area is 207 Å². The summed E-state index contributed by atoms with van der Waals surface area (Å²) in [5.74, 6) is -1.48. The van der Waals surface area contributed by atoms with Gasteiger partial charge in [-0.05, 0) is 54.8 Å². The summed E-state index contributed by atoms with van der Waals surface area (Å²) in [5, 5.41) is 11.8. The molecule has 7 nitrogen and oxygen atoms in total. The number of aryl methyl sites for hydroxylation is 1. The van der Waals surface area contributed by atoms with Crippen LogP contribution in [-0.2, 0) is 16.0 Å². The van der Waals surface area contributed by atoms with Gasteiger partial charge in [-0.3, -0.25) is 14.5 Å². The van der Waals surface area contributed by atoms with Crippen molar-refractivity contribution in [3.05, 3.63) is 96.1 Å². The van der Waals surface area contributed by atoms with Crippen LogP contribution in [0, 0.1) is 0 Å². The molecule has 35 heavy (non-hydrogen) atoms. The van der Waals surface area contributed by atoms with Crippen LogP contribution >= 0.6 is 11.8 Å². The first-order chi connectivity index (χ1) is 17.0. The topological polar surface area (TPSA) is 99.1 Å². The predicted octanol–water partition coefficient (Wildman–Crippen LogP) is 4.98. The van der Waals surface area contributed by atoms with E-state index in [-0.39, 0.29) is 23.8 Å². The zero-order valence-corrected chi connectivity index (χ0v) is 19.8. The summed E-state index contributed by atoms with van der Waals surface area (Å²) in [6, 6.07) is 25.5. The van der Waals surface area contributed by atoms with E-state index in [0.29, 0.717) is 17.4 Å². The number of nitrogens with one attached hydrogen (secondary N) is 1. The molecule has 1 atom stereocenters. The van der Waals surface area contributed by atoms with Crippen LogP contribution in [-0.4, -0.2) is 44.8 Å². The number of benzene rings is 3. The van der Waals surface area contributed by atoms with Crippen molar-refractivity contribution in [2.24, 2.45) is 4.99 Å². The number of amides is 2. The van der Waals surface area contributed by atoms with Crippen molar-refractivity contribution in [2.45, 2.75) is 24.5 Å². The van der Waals surface area contributed by atoms with E-state index in [0.717, 1.165) is 18.5 Å². The largest absolute Gasteiger partial charge is 0.478 e. The van der Waals surface area contributed by atoms with Gasteiger partial charge in [-0.25, -0.2) is 9.79 Å². The molecule has 0 saturated carbocycles. The fraction of sp³-hybridized carbons (Fsp3) is 0.185. The molecule has 0 bridgehead atoms. The highest BCUT2D eigenvalue weighted by molar-refractivity contribution is 8.15. The van der Waals surface area contributed by atoms with Gasteiger partial charge < -0.3 is 10.4 Å². The molecular weight excluding hydrogens is 462 g/mol. The molecule has 2 N–H and O–H groups in total. The molecule has 0 radical (unpaired) electrons. The van der Waals surface area contributed by atoms with Crippen molar-refractivity contribution in [2.75, 3.05) is 11.9 Å². The first kappa shape index (κ1) is 24.2. The lowest BCUT2D eigenvalue weighted by Crippen LogP contribution is -2.34. The number of hydrogen-bond acceptors (Lipinski definition) is 5. The fourth-order valence-corrected chi connectivity index (χ4v) is 4.89. The minimum absolute atomic E-state index is 0.00677. The summed E-state index contributed by atoms with van der Waals surface area (Å²) in [7, 11) is 0. The third-order valence-corrected chi connectivity index (χ3v) is 6.65. The maximum absolute atomic E-state index is 13.2. The van der Waals surface area contributed by atoms with E-state index in [1.807, 2.05) is 48.5 Å². The molecule has 3 aromatic rings. The SMILES string of the molecule is O=C(C[C@H]1SC(=Nc2ccccc2)N(CCCc2ccccc2)C1=O)Nc1ccc(C(=O)O)cc1. The third kappa shape index (κ3) is 6.58. The second-order valence-corrected chi connectivity index (χ2v) is 9.22. The van der Waals surface area contributed by atoms with E-state index >= 15 is 0 Å². The maximum Gasteiger partial charge on any atom is 0.335 e. The van der Waals surface area contributed by atoms with Crippen molar-refractivity contribution in [1.82, 2.24) is 4.90 Å². The molecular formula is C27H25N3O4S. The van der Waals surface area contributed by atoms with E-state index in [1.165, 1.54) is 41.6 Å². The quantitative estimate of drug-likeness (QED) is 0.444. The normalized spacial score (nSPS) is 16.5. The number of anilines is 1. The number of carboxylic acid groups (broad SMARTS) is 1. The van der Waals surface area contributed by atoms with E-state index in [4.69, 9.17) is 5.11 Å². The third-order valence-electron chi connectivity index (χ3n) is 5.48. The fourth-order valence-electron chi connectivity index (χ4n) is 3.71. The number of rotatable bonds is 9. The first-order valence-corrected chi connectivity index (χ1v) is 12.2. The number of carbonyl (C=O) groups is 3. The van der Waals surface area contributed by atoms with Crippen LogP contribution in [0.3, 0.4) is 0 Å². The van der Waals surface area contributed by atoms with E-state index in [2.05, 4.69) is 22.4 Å². The van der Waals surface area contributed by atoms with Gasteiger partial charge in [0.25, 0.3) is 0 Å². The molecule has 1 saturated heterocycles. The molecule has 8 heteroatoms. The predicted molar refractivity (Wildman–Crippen MR) is 138 cm³/mol. The highest BCUT2D eigenvalue weighted by Crippen LogP contribution is 2.32. The van der Waals surface area contributed by atoms with Gasteiger partial charge in [0.15, 0.2) is 5.17 Å². The van der Waals surface area contributed by atoms with E-state index in [9.17, 15) is 14.4 Å². The van der Waals surface area contributed by atoms with E-state index < -0.39 is 11.2 Å². The van der Waals surface area contributed by atoms with Gasteiger partial charge >= 0.3 is 5.97 Å². The van der Waals surface area contributed by atoms with Crippen LogP contribution in [0.2, 0.25) is 0 Å². The Morgan fingerprint density at radius 2 is 1.60 bits per heavy atom. The summed E-state index contributed by atoms with van der Waals surface area (Å²) in [4.78, 5) is 43.3. The molecule has 0 unspecified atom stereocenters. The molecule has 0 aliphatic carbocycles. The Kier molecular flexibility index (Phi) is 7.95. The molecule has 0 spiro atoms. The average molecular weight is 488 g/mol. The first-order valence-electron chi connectivity index (χ1n) is 11.3. The number of hydrogen-bond donors (Lipinski definition) is 2. The summed E-state index contributed by atoms with van der Waals surface area (Å²) >= 11 is 1.30. The van der Waals surface area contributed by atoms with Crippen molar-refractivity contribution in [1.29, 1.82) is 0 Å². The van der Waals surface area contributed by atoms with Crippen molar-refractivity contribution in [3.63, 3.8) is 0 Å². The van der Waals surface area contributed by atoms with Gasteiger partial charge in [0, 0.05) is 18.7 Å². The standard InChI is InChI=1S/C27H25N3O4S/c31-24(28-22-15-13-20(14-16-22)26(33)34)18-23-25(32)30(17-7-10-19-8-3-1-4-9-19)27(35-23)29-21-11-5-2-6-12-21/h1-6,8-9,11-16,23H,7,10,17-18H2,(H,28,31)(H,33,34)/t23-/m1/s1. The smallest absolute Gasteiger partial charge is 0.335 e. The molecule has 4 rings (SSSR count). The molecule has 3 aromatic carbocycles. The molecule has 0 aromatic heterocycles. The lowest BCUT2D eigenvalue weighted by atomic mass is 10.1. The van der Waals surface area contributed by atoms with Crippen molar-refractivity contribution in [3.8, 4) is 0 Å². The number of thioether (sulfide) groups is 1. The van der Waals surface area contributed by atoms with Gasteiger partial charge in [0.1, 0.15) is 5.25 Å². The number of aliphatic imine (C=N–C) groups is 1. The number of carboxylic acids is 1. The highest BCUT2D eigenvalue weighted by atomic mass is 32.2. The zero-order chi connectivity index (χ0) is 24.6. The molecule has 2 amide bonds. The van der Waals surface area contributed by atoms with Crippen LogP contribution < -0.4 is 5.32 Å². The lowest BCUT2D eigenvalue weighted by molar-refractivity contribution is -0.128. The van der Waals surface area contributed by atoms with Crippen LogP contribution in [0.4, 0.5) is 11.4 Å². The van der Waals surface area contributed by atoms with Gasteiger partial charge in [-0.15, -0.1) is 0 Å². The molecule has 1 aliphatic rings. The zero-order valence-electron chi connectivity index (χ0n) is 19.0. The van der Waals surface area contributed by atoms with Gasteiger partial charge in [-0.1, -0.05) is 60.3 Å². The molecule has 1 fully saturated rings. The molecule has 1 aliphatic heterocycles. The Balaban J connectivity index is 1.43. The Bertz CT molecular complexity index is 1210. The minimum Gasteiger partial charge on any atom is -0.478 e. The number of carbonyl (C=O) groups excluding carboxylic acids is 2. The number of para-hydroxylation sites is 1. The van der Waals surface area contributed by atoms with Gasteiger partial charge in [0.05, 0.1) is 11.3 Å². The summed E-state index contributed by atoms with van der Waals surface area (Å²) in [6.07, 6.45) is 1.61. The lowest BCUT2D eigenvalue weighted by Gasteiger charge is -2.16. The van der Waals surface area contributed by atoms with Crippen molar-refractivity contribution < 1.29 is 19.5 Å². The monoisotopic (exact) mass is 487 g/mol. The Morgan fingerprint density at radius 1 is 0.943 bits per heavy atom.